The van der Waals surface area contributed by atoms with Gasteiger partial charge < -0.3 is 16.4 Å². The summed E-state index contributed by atoms with van der Waals surface area (Å²) in [5.41, 5.74) is 12.4. The molecule has 0 saturated heterocycles. The van der Waals surface area contributed by atoms with E-state index < -0.39 is 5.91 Å². The predicted octanol–water partition coefficient (Wildman–Crippen LogP) is 2.07. The third-order valence-electron chi connectivity index (χ3n) is 2.71. The molecule has 0 bridgehead atoms. The van der Waals surface area contributed by atoms with Crippen LogP contribution < -0.4 is 16.4 Å². The number of carbonyl (C=O) groups excluding carboxylic acids is 1. The van der Waals surface area contributed by atoms with Crippen molar-refractivity contribution in [1.82, 2.24) is 0 Å². The molecule has 0 atom stereocenters. The lowest BCUT2D eigenvalue weighted by molar-refractivity contribution is -0.116. The summed E-state index contributed by atoms with van der Waals surface area (Å²) in [6, 6.07) is 5.38. The van der Waals surface area contributed by atoms with Crippen LogP contribution in [0.15, 0.2) is 18.2 Å². The van der Waals surface area contributed by atoms with Gasteiger partial charge in [-0.2, -0.15) is 0 Å². The number of primary amides is 1. The van der Waals surface area contributed by atoms with Crippen molar-refractivity contribution in [3.63, 3.8) is 0 Å². The Bertz CT molecular complexity index is 479. The molecule has 0 heterocycles. The molecule has 1 aromatic rings. The van der Waals surface area contributed by atoms with Crippen molar-refractivity contribution in [2.45, 2.75) is 19.8 Å². The molecule has 0 unspecified atom stereocenters. The zero-order valence-corrected chi connectivity index (χ0v) is 12.4. The highest BCUT2D eigenvalue weighted by molar-refractivity contribution is 7.80. The highest BCUT2D eigenvalue weighted by atomic mass is 35.5. The molecule has 4 nitrogen and oxygen atoms in total. The van der Waals surface area contributed by atoms with Gasteiger partial charge in [-0.05, 0) is 18.6 Å². The Morgan fingerprint density at radius 2 is 2.11 bits per heavy atom. The van der Waals surface area contributed by atoms with Crippen LogP contribution in [0.4, 0.5) is 5.69 Å². The van der Waals surface area contributed by atoms with Crippen LogP contribution >= 0.6 is 23.8 Å². The SMILES string of the molecule is CCCCN(CC(N)=O)c1cccc(Cl)c1C(N)=S. The number of rotatable bonds is 7. The molecule has 19 heavy (non-hydrogen) atoms. The molecule has 0 radical (unpaired) electrons. The minimum atomic E-state index is -0.398. The van der Waals surface area contributed by atoms with Gasteiger partial charge in [0, 0.05) is 12.2 Å². The van der Waals surface area contributed by atoms with E-state index in [0.717, 1.165) is 18.5 Å². The van der Waals surface area contributed by atoms with Gasteiger partial charge in [-0.25, -0.2) is 0 Å². The molecule has 0 spiro atoms. The Hall–Kier alpha value is -1.33. The lowest BCUT2D eigenvalue weighted by atomic mass is 10.1. The van der Waals surface area contributed by atoms with Crippen molar-refractivity contribution in [3.8, 4) is 0 Å². The maximum Gasteiger partial charge on any atom is 0.236 e. The summed E-state index contributed by atoms with van der Waals surface area (Å²) in [6.07, 6.45) is 1.95. The lowest BCUT2D eigenvalue weighted by Crippen LogP contribution is -2.35. The Balaban J connectivity index is 3.16. The molecular formula is C13H18ClN3OS. The van der Waals surface area contributed by atoms with Gasteiger partial charge >= 0.3 is 0 Å². The zero-order chi connectivity index (χ0) is 14.4. The number of halogens is 1. The number of nitrogens with two attached hydrogens (primary N) is 2. The van der Waals surface area contributed by atoms with Gasteiger partial charge in [-0.3, -0.25) is 4.79 Å². The van der Waals surface area contributed by atoms with Crippen LogP contribution in [0.2, 0.25) is 5.02 Å². The minimum absolute atomic E-state index is 0.121. The number of hydrogen-bond acceptors (Lipinski definition) is 3. The molecule has 104 valence electrons. The van der Waals surface area contributed by atoms with Gasteiger partial charge in [0.2, 0.25) is 5.91 Å². The molecule has 6 heteroatoms. The number of hydrogen-bond donors (Lipinski definition) is 2. The summed E-state index contributed by atoms with van der Waals surface area (Å²) in [5, 5.41) is 0.482. The molecule has 0 fully saturated rings. The molecule has 0 aromatic heterocycles. The van der Waals surface area contributed by atoms with Crippen molar-refractivity contribution in [2.75, 3.05) is 18.0 Å². The third kappa shape index (κ3) is 4.36. The van der Waals surface area contributed by atoms with Gasteiger partial charge in [-0.15, -0.1) is 0 Å². The number of carbonyl (C=O) groups is 1. The van der Waals surface area contributed by atoms with Gasteiger partial charge in [0.25, 0.3) is 0 Å². The van der Waals surface area contributed by atoms with Crippen molar-refractivity contribution in [3.05, 3.63) is 28.8 Å². The van der Waals surface area contributed by atoms with Gasteiger partial charge in [-0.1, -0.05) is 43.2 Å². The van der Waals surface area contributed by atoms with Crippen molar-refractivity contribution >= 4 is 40.4 Å². The van der Waals surface area contributed by atoms with Crippen molar-refractivity contribution in [2.24, 2.45) is 11.5 Å². The number of benzene rings is 1. The third-order valence-corrected chi connectivity index (χ3v) is 3.23. The summed E-state index contributed by atoms with van der Waals surface area (Å²) in [5.74, 6) is -0.398. The van der Waals surface area contributed by atoms with E-state index in [1.807, 2.05) is 11.0 Å². The quantitative estimate of drug-likeness (QED) is 0.756. The van der Waals surface area contributed by atoms with Crippen LogP contribution in [-0.2, 0) is 4.79 Å². The molecule has 4 N–H and O–H groups in total. The number of nitrogens with zero attached hydrogens (tertiary/aromatic N) is 1. The normalized spacial score (nSPS) is 10.2. The predicted molar refractivity (Wildman–Crippen MR) is 83.7 cm³/mol. The standard InChI is InChI=1S/C13H18ClN3OS/c1-2-3-7-17(8-11(15)18)10-6-4-5-9(14)12(10)13(16)19/h4-6H,2-3,7-8H2,1H3,(H2,15,18)(H2,16,19). The minimum Gasteiger partial charge on any atom is -0.389 e. The van der Waals surface area contributed by atoms with E-state index in [1.165, 1.54) is 0 Å². The lowest BCUT2D eigenvalue weighted by Gasteiger charge is -2.26. The number of anilines is 1. The Kier molecular flexibility index (Phi) is 6.05. The Labute approximate surface area is 123 Å². The van der Waals surface area contributed by atoms with Crippen LogP contribution in [0.25, 0.3) is 0 Å². The Morgan fingerprint density at radius 1 is 1.42 bits per heavy atom. The first-order valence-corrected chi connectivity index (χ1v) is 6.87. The van der Waals surface area contributed by atoms with E-state index in [9.17, 15) is 4.79 Å². The molecule has 0 aliphatic rings. The first-order chi connectivity index (χ1) is 8.97. The fourth-order valence-corrected chi connectivity index (χ4v) is 2.38. The molecule has 0 aliphatic carbocycles. The highest BCUT2D eigenvalue weighted by Crippen LogP contribution is 2.27. The van der Waals surface area contributed by atoms with Crippen molar-refractivity contribution in [1.29, 1.82) is 0 Å². The van der Waals surface area contributed by atoms with Crippen LogP contribution in [0.3, 0.4) is 0 Å². The second kappa shape index (κ2) is 7.31. The first-order valence-electron chi connectivity index (χ1n) is 6.09. The van der Waals surface area contributed by atoms with E-state index >= 15 is 0 Å². The van der Waals surface area contributed by atoms with E-state index in [-0.39, 0.29) is 11.5 Å². The monoisotopic (exact) mass is 299 g/mol. The van der Waals surface area contributed by atoms with Crippen LogP contribution in [-0.4, -0.2) is 24.0 Å². The van der Waals surface area contributed by atoms with E-state index in [0.29, 0.717) is 17.1 Å². The summed E-state index contributed by atoms with van der Waals surface area (Å²) >= 11 is 11.2. The van der Waals surface area contributed by atoms with Crippen LogP contribution in [0, 0.1) is 0 Å². The second-order valence-electron chi connectivity index (χ2n) is 4.24. The maximum absolute atomic E-state index is 11.2. The first kappa shape index (κ1) is 15.7. The molecule has 1 rings (SSSR count). The zero-order valence-electron chi connectivity index (χ0n) is 10.9. The van der Waals surface area contributed by atoms with Crippen LogP contribution in [0.5, 0.6) is 0 Å². The number of amides is 1. The average Bonchev–Trinajstić information content (AvgIpc) is 2.33. The topological polar surface area (TPSA) is 72.3 Å². The highest BCUT2D eigenvalue weighted by Gasteiger charge is 2.16. The molecular weight excluding hydrogens is 282 g/mol. The van der Waals surface area contributed by atoms with Crippen molar-refractivity contribution < 1.29 is 4.79 Å². The van der Waals surface area contributed by atoms with Gasteiger partial charge in [0.05, 0.1) is 17.1 Å². The smallest absolute Gasteiger partial charge is 0.236 e. The number of unbranched alkanes of at least 4 members (excludes halogenated alkanes) is 1. The molecule has 1 amide bonds. The fraction of sp³-hybridized carbons (Fsp3) is 0.385. The average molecular weight is 300 g/mol. The molecule has 0 aliphatic heterocycles. The number of thiocarbonyl (C=S) groups is 1. The van der Waals surface area contributed by atoms with E-state index in [2.05, 4.69) is 6.92 Å². The second-order valence-corrected chi connectivity index (χ2v) is 5.09. The Morgan fingerprint density at radius 3 is 2.63 bits per heavy atom. The summed E-state index contributed by atoms with van der Waals surface area (Å²) < 4.78 is 0. The summed E-state index contributed by atoms with van der Waals surface area (Å²) in [4.78, 5) is 13.3. The fourth-order valence-electron chi connectivity index (χ4n) is 1.84. The summed E-state index contributed by atoms with van der Waals surface area (Å²) in [6.45, 7) is 2.90. The van der Waals surface area contributed by atoms with Gasteiger partial charge in [0.15, 0.2) is 0 Å². The molecule has 0 saturated carbocycles. The van der Waals surface area contributed by atoms with Gasteiger partial charge in [0.1, 0.15) is 4.99 Å². The van der Waals surface area contributed by atoms with Crippen LogP contribution in [0.1, 0.15) is 25.3 Å². The summed E-state index contributed by atoms with van der Waals surface area (Å²) in [7, 11) is 0. The van der Waals surface area contributed by atoms with E-state index in [4.69, 9.17) is 35.3 Å². The largest absolute Gasteiger partial charge is 0.389 e. The molecule has 1 aromatic carbocycles. The van der Waals surface area contributed by atoms with E-state index in [1.54, 1.807) is 12.1 Å². The maximum atomic E-state index is 11.2.